The summed E-state index contributed by atoms with van der Waals surface area (Å²) < 4.78 is 5.41. The second-order valence-electron chi connectivity index (χ2n) is 7.33. The third-order valence-corrected chi connectivity index (χ3v) is 2.81. The fraction of sp³-hybridized carbons (Fsp3) is 0.625. The molecule has 0 aliphatic rings. The first-order valence-electron chi connectivity index (χ1n) is 6.83. The van der Waals surface area contributed by atoms with Gasteiger partial charge >= 0.3 is 117 Å². The van der Waals surface area contributed by atoms with Gasteiger partial charge in [0, 0.05) is 0 Å². The summed E-state index contributed by atoms with van der Waals surface area (Å²) >= 11 is 0. The number of carbonyl (C=O) groups is 1. The molecule has 0 N–H and O–H groups in total. The van der Waals surface area contributed by atoms with Crippen LogP contribution >= 0.6 is 0 Å². The Labute approximate surface area is 117 Å². The Balaban J connectivity index is 2.77. The van der Waals surface area contributed by atoms with Crippen LogP contribution in [0.15, 0.2) is 18.1 Å². The average Bonchev–Trinajstić information content (AvgIpc) is 2.24. The molecule has 19 heavy (non-hydrogen) atoms. The molecule has 0 aliphatic carbocycles. The molecule has 1 aromatic heterocycles. The number of ether oxygens (including phenoxy) is 1. The molecule has 0 radical (unpaired) electrons. The van der Waals surface area contributed by atoms with Crippen molar-refractivity contribution >= 4 is 12.9 Å². The molecule has 0 aliphatic heterocycles. The molecule has 1 aromatic rings. The van der Waals surface area contributed by atoms with E-state index in [1.807, 2.05) is 38.9 Å². The van der Waals surface area contributed by atoms with Crippen LogP contribution < -0.4 is 0 Å². The van der Waals surface area contributed by atoms with Crippen LogP contribution in [-0.4, -0.2) is 12.9 Å². The van der Waals surface area contributed by atoms with Crippen molar-refractivity contribution in [2.75, 3.05) is 0 Å². The van der Waals surface area contributed by atoms with Crippen molar-refractivity contribution in [3.05, 3.63) is 29.1 Å². The van der Waals surface area contributed by atoms with E-state index < -0.39 is 5.41 Å². The summed E-state index contributed by atoms with van der Waals surface area (Å²) in [7, 11) is 0. The van der Waals surface area contributed by atoms with Crippen LogP contribution in [0.4, 0.5) is 0 Å². The number of carbonyl (C=O) groups excluding carboxylic acids is 1. The van der Waals surface area contributed by atoms with E-state index in [2.05, 4.69) is 27.7 Å². The molecule has 0 saturated carbocycles. The zero-order chi connectivity index (χ0) is 14.7. The predicted molar refractivity (Wildman–Crippen MR) is 80.2 cm³/mol. The molecule has 0 aromatic carbocycles. The van der Waals surface area contributed by atoms with E-state index in [0.717, 1.165) is 12.0 Å². The maximum atomic E-state index is 11.8. The number of hydrogen-bond acceptors (Lipinski definition) is 2. The third kappa shape index (κ3) is 5.58. The zero-order valence-corrected chi connectivity index (χ0v) is 13.0. The molecule has 0 atom stereocenters. The summed E-state index contributed by atoms with van der Waals surface area (Å²) in [5.74, 6) is 1.88. The van der Waals surface area contributed by atoms with Gasteiger partial charge in [-0.2, -0.15) is 0 Å². The average molecular weight is 260 g/mol. The van der Waals surface area contributed by atoms with Crippen molar-refractivity contribution in [3.8, 4) is 0 Å². The minimum atomic E-state index is -0.445. The van der Waals surface area contributed by atoms with Gasteiger partial charge in [0.05, 0.1) is 0 Å². The molecule has 104 valence electrons. The topological polar surface area (TPSA) is 26.3 Å². The number of rotatable bonds is 3. The molecule has 1 rings (SSSR count). The Hall–Kier alpha value is -1.12. The quantitative estimate of drug-likeness (QED) is 0.774. The molecular formula is C16H25BO2. The zero-order valence-electron chi connectivity index (χ0n) is 13.0. The van der Waals surface area contributed by atoms with Crippen molar-refractivity contribution in [1.82, 2.24) is 0 Å². The fourth-order valence-electron chi connectivity index (χ4n) is 1.80. The second kappa shape index (κ2) is 5.89. The van der Waals surface area contributed by atoms with Crippen LogP contribution in [0.1, 0.15) is 52.6 Å². The van der Waals surface area contributed by atoms with Gasteiger partial charge in [0.25, 0.3) is 0 Å². The van der Waals surface area contributed by atoms with Gasteiger partial charge in [0.2, 0.25) is 0 Å². The van der Waals surface area contributed by atoms with E-state index in [1.54, 1.807) is 0 Å². The van der Waals surface area contributed by atoms with E-state index in [-0.39, 0.29) is 11.4 Å². The predicted octanol–water partition coefficient (Wildman–Crippen LogP) is 3.70. The van der Waals surface area contributed by atoms with Crippen molar-refractivity contribution < 1.29 is 9.53 Å². The van der Waals surface area contributed by atoms with Crippen molar-refractivity contribution in [2.45, 2.75) is 54.6 Å². The summed E-state index contributed by atoms with van der Waals surface area (Å²) in [4.78, 5) is 11.8. The summed E-state index contributed by atoms with van der Waals surface area (Å²) in [6, 6.07) is 4.03. The molecule has 0 bridgehead atoms. The molecule has 0 unspecified atom stereocenters. The van der Waals surface area contributed by atoms with E-state index in [0.29, 0.717) is 6.61 Å². The van der Waals surface area contributed by atoms with Crippen molar-refractivity contribution in [2.24, 2.45) is 10.8 Å². The van der Waals surface area contributed by atoms with Crippen LogP contribution in [0.3, 0.4) is 0 Å². The Morgan fingerprint density at radius 2 is 1.84 bits per heavy atom. The molecule has 0 saturated heterocycles. The van der Waals surface area contributed by atoms with Gasteiger partial charge in [0.1, 0.15) is 0 Å². The second-order valence-corrected chi connectivity index (χ2v) is 7.33. The molecule has 1 heterocycles. The van der Waals surface area contributed by atoms with E-state index >= 15 is 0 Å². The number of hydrogen-bond donors (Lipinski definition) is 0. The number of esters is 1. The van der Waals surface area contributed by atoms with Gasteiger partial charge in [-0.05, 0) is 0 Å². The first-order valence-corrected chi connectivity index (χ1v) is 6.83. The SMILES string of the molecule is CC(C)(C)Cc1bcccc1COC(=O)C(C)(C)C. The van der Waals surface area contributed by atoms with Crippen LogP contribution in [0.2, 0.25) is 0 Å². The van der Waals surface area contributed by atoms with E-state index in [9.17, 15) is 4.79 Å². The van der Waals surface area contributed by atoms with Gasteiger partial charge in [0.15, 0.2) is 0 Å². The minimum absolute atomic E-state index is 0.155. The van der Waals surface area contributed by atoms with Crippen molar-refractivity contribution in [3.63, 3.8) is 0 Å². The molecule has 0 amide bonds. The summed E-state index contributed by atoms with van der Waals surface area (Å²) in [5.41, 5.74) is 2.15. The Bertz CT molecular complexity index is 439. The van der Waals surface area contributed by atoms with Gasteiger partial charge in [-0.25, -0.2) is 0 Å². The maximum absolute atomic E-state index is 11.8. The van der Waals surface area contributed by atoms with E-state index in [4.69, 9.17) is 4.74 Å². The Morgan fingerprint density at radius 1 is 1.21 bits per heavy atom. The third-order valence-electron chi connectivity index (χ3n) is 2.81. The van der Waals surface area contributed by atoms with Crippen LogP contribution in [0.5, 0.6) is 0 Å². The first-order chi connectivity index (χ1) is 8.59. The van der Waals surface area contributed by atoms with Gasteiger partial charge in [-0.15, -0.1) is 0 Å². The van der Waals surface area contributed by atoms with Gasteiger partial charge in [-0.3, -0.25) is 0 Å². The van der Waals surface area contributed by atoms with Crippen LogP contribution in [0, 0.1) is 10.8 Å². The normalized spacial score (nSPS) is 12.1. The van der Waals surface area contributed by atoms with Gasteiger partial charge in [-0.1, -0.05) is 0 Å². The summed E-state index contributed by atoms with van der Waals surface area (Å²) in [6.07, 6.45) is 0.982. The van der Waals surface area contributed by atoms with Crippen LogP contribution in [0.25, 0.3) is 0 Å². The standard InChI is InChI=1S/C16H25BO2/c1-15(2,3)10-13-12(8-7-9-17-13)11-19-14(18)16(4,5)6/h7-9H,10-11H2,1-6H3. The Morgan fingerprint density at radius 3 is 2.37 bits per heavy atom. The first kappa shape index (κ1) is 15.9. The van der Waals surface area contributed by atoms with Crippen molar-refractivity contribution in [1.29, 1.82) is 0 Å². The molecule has 0 fully saturated rings. The molecular weight excluding hydrogens is 235 g/mol. The monoisotopic (exact) mass is 260 g/mol. The molecule has 2 nitrogen and oxygen atoms in total. The summed E-state index contributed by atoms with van der Waals surface area (Å²) in [6.45, 7) is 14.7. The van der Waals surface area contributed by atoms with E-state index in [1.165, 1.54) is 5.46 Å². The molecule has 0 spiro atoms. The summed E-state index contributed by atoms with van der Waals surface area (Å²) in [5, 5.41) is 0. The molecule has 3 heteroatoms. The fourth-order valence-corrected chi connectivity index (χ4v) is 1.80. The Kier molecular flexibility index (Phi) is 4.95. The van der Waals surface area contributed by atoms with Crippen LogP contribution in [-0.2, 0) is 22.6 Å². The van der Waals surface area contributed by atoms with Gasteiger partial charge < -0.3 is 0 Å².